The highest BCUT2D eigenvalue weighted by molar-refractivity contribution is 5.99. The molecule has 0 saturated carbocycles. The van der Waals surface area contributed by atoms with E-state index in [0.29, 0.717) is 57.0 Å². The summed E-state index contributed by atoms with van der Waals surface area (Å²) in [6.07, 6.45) is 4.44. The van der Waals surface area contributed by atoms with E-state index in [2.05, 4.69) is 15.5 Å². The van der Waals surface area contributed by atoms with Crippen molar-refractivity contribution in [2.24, 2.45) is 0 Å². The largest absolute Gasteiger partial charge is 0.502 e. The van der Waals surface area contributed by atoms with Gasteiger partial charge >= 0.3 is 5.56 Å². The van der Waals surface area contributed by atoms with Crippen LogP contribution in [0.4, 0.5) is 15.8 Å². The van der Waals surface area contributed by atoms with Crippen LogP contribution in [-0.2, 0) is 16.0 Å². The van der Waals surface area contributed by atoms with Crippen LogP contribution in [0.25, 0.3) is 5.65 Å². The zero-order valence-electron chi connectivity index (χ0n) is 20.1. The van der Waals surface area contributed by atoms with Gasteiger partial charge in [-0.15, -0.1) is 0 Å². The van der Waals surface area contributed by atoms with Gasteiger partial charge in [0.15, 0.2) is 5.65 Å². The summed E-state index contributed by atoms with van der Waals surface area (Å²) < 4.78 is 20.0. The zero-order valence-corrected chi connectivity index (χ0v) is 20.1. The third-order valence-electron chi connectivity index (χ3n) is 6.97. The number of morpholine rings is 1. The lowest BCUT2D eigenvalue weighted by Gasteiger charge is -2.30. The first-order valence-electron chi connectivity index (χ1n) is 12.4. The minimum Gasteiger partial charge on any atom is -0.502 e. The van der Waals surface area contributed by atoms with Gasteiger partial charge in [-0.25, -0.2) is 9.37 Å². The van der Waals surface area contributed by atoms with Crippen molar-refractivity contribution in [3.05, 3.63) is 75.9 Å². The fourth-order valence-electron chi connectivity index (χ4n) is 5.04. The van der Waals surface area contributed by atoms with Crippen LogP contribution in [0.15, 0.2) is 53.2 Å². The van der Waals surface area contributed by atoms with Crippen molar-refractivity contribution in [2.45, 2.75) is 25.4 Å². The van der Waals surface area contributed by atoms with Gasteiger partial charge in [-0.3, -0.25) is 14.0 Å². The normalized spacial score (nSPS) is 19.8. The summed E-state index contributed by atoms with van der Waals surface area (Å²) in [5.74, 6) is -0.801. The summed E-state index contributed by atoms with van der Waals surface area (Å²) in [5.41, 5.74) is 2.85. The third kappa shape index (κ3) is 4.35. The maximum atomic E-state index is 13.4. The first-order valence-corrected chi connectivity index (χ1v) is 12.4. The van der Waals surface area contributed by atoms with E-state index in [-0.39, 0.29) is 17.4 Å². The Morgan fingerprint density at radius 2 is 1.92 bits per heavy atom. The number of hydrogen-bond acceptors (Lipinski definition) is 8. The minimum absolute atomic E-state index is 0.0229. The van der Waals surface area contributed by atoms with Crippen molar-refractivity contribution in [1.29, 1.82) is 0 Å². The Labute approximate surface area is 212 Å². The Morgan fingerprint density at radius 1 is 1.14 bits per heavy atom. The number of amides is 1. The van der Waals surface area contributed by atoms with E-state index in [1.807, 2.05) is 6.07 Å². The first kappa shape index (κ1) is 23.3. The van der Waals surface area contributed by atoms with Crippen LogP contribution < -0.4 is 26.0 Å². The van der Waals surface area contributed by atoms with Gasteiger partial charge in [0.25, 0.3) is 0 Å². The van der Waals surface area contributed by atoms with Crippen molar-refractivity contribution in [3.8, 4) is 5.75 Å². The van der Waals surface area contributed by atoms with E-state index >= 15 is 0 Å². The average molecular weight is 507 g/mol. The van der Waals surface area contributed by atoms with Crippen LogP contribution in [-0.4, -0.2) is 53.2 Å². The summed E-state index contributed by atoms with van der Waals surface area (Å²) in [4.78, 5) is 34.6. The van der Waals surface area contributed by atoms with Gasteiger partial charge in [-0.1, -0.05) is 12.1 Å². The fraction of sp³-hybridized carbons (Fsp3) is 0.346. The molecule has 2 fully saturated rings. The Balaban J connectivity index is 1.38. The van der Waals surface area contributed by atoms with E-state index < -0.39 is 17.5 Å². The molecule has 11 heteroatoms. The molecule has 2 saturated heterocycles. The topological polar surface area (TPSA) is 111 Å². The van der Waals surface area contributed by atoms with Gasteiger partial charge in [0.05, 0.1) is 24.6 Å². The van der Waals surface area contributed by atoms with Gasteiger partial charge in [0, 0.05) is 50.6 Å². The van der Waals surface area contributed by atoms with Crippen molar-refractivity contribution in [2.75, 3.05) is 42.6 Å². The van der Waals surface area contributed by atoms with Crippen LogP contribution >= 0.6 is 0 Å². The summed E-state index contributed by atoms with van der Waals surface area (Å²) in [5, 5.41) is 17.3. The standard InChI is InChI=1S/C26H27FN6O4/c27-17-5-3-16(4-6-17)12-18-14-28-24(29-18)22-23(35)26(36)33-15-19(31-8-10-37-11-9-31)13-20(25(33)30-22)32-7-1-2-21(32)34/h3-6,13-15,24,28-29,35H,1-2,7-12H2. The number of carbonyl (C=O) groups excluding carboxylic acids is 1. The molecule has 1 unspecified atom stereocenters. The minimum atomic E-state index is -0.644. The molecular formula is C26H27FN6O4. The second kappa shape index (κ2) is 9.40. The number of anilines is 2. The SMILES string of the molecule is O=C1CCCN1c1cc(N2CCOCC2)cn2c(=O)c(O)c(C3NC=C(Cc4ccc(F)cc4)N3)nc12. The van der Waals surface area contributed by atoms with E-state index in [1.165, 1.54) is 16.5 Å². The molecule has 0 spiro atoms. The average Bonchev–Trinajstić information content (AvgIpc) is 3.56. The van der Waals surface area contributed by atoms with E-state index in [0.717, 1.165) is 23.4 Å². The van der Waals surface area contributed by atoms with Gasteiger partial charge in [0.2, 0.25) is 11.7 Å². The van der Waals surface area contributed by atoms with Crippen LogP contribution in [0.1, 0.15) is 30.3 Å². The molecule has 37 heavy (non-hydrogen) atoms. The van der Waals surface area contributed by atoms with Gasteiger partial charge in [-0.05, 0) is 30.2 Å². The molecule has 0 radical (unpaired) electrons. The van der Waals surface area contributed by atoms with E-state index in [1.54, 1.807) is 29.4 Å². The number of ether oxygens (including phenoxy) is 1. The monoisotopic (exact) mass is 506 g/mol. The van der Waals surface area contributed by atoms with Crippen LogP contribution in [0.2, 0.25) is 0 Å². The molecule has 10 nitrogen and oxygen atoms in total. The van der Waals surface area contributed by atoms with E-state index in [4.69, 9.17) is 9.72 Å². The number of allylic oxidation sites excluding steroid dienone is 1. The number of pyridine rings is 1. The second-order valence-electron chi connectivity index (χ2n) is 9.39. The Bertz CT molecular complexity index is 1450. The van der Waals surface area contributed by atoms with Crippen molar-refractivity contribution in [3.63, 3.8) is 0 Å². The smallest absolute Gasteiger partial charge is 0.300 e. The molecule has 3 aromatic rings. The Kier molecular flexibility index (Phi) is 5.91. The second-order valence-corrected chi connectivity index (χ2v) is 9.39. The number of fused-ring (bicyclic) bond motifs is 1. The lowest BCUT2D eigenvalue weighted by atomic mass is 10.1. The Hall–Kier alpha value is -4.12. The fourth-order valence-corrected chi connectivity index (χ4v) is 5.04. The summed E-state index contributed by atoms with van der Waals surface area (Å²) in [7, 11) is 0. The van der Waals surface area contributed by atoms with Crippen molar-refractivity contribution < 1.29 is 19.0 Å². The molecule has 5 heterocycles. The number of carbonyl (C=O) groups is 1. The number of rotatable bonds is 5. The van der Waals surface area contributed by atoms with Gasteiger partial charge in [-0.2, -0.15) is 0 Å². The third-order valence-corrected chi connectivity index (χ3v) is 6.97. The van der Waals surface area contributed by atoms with E-state index in [9.17, 15) is 19.1 Å². The van der Waals surface area contributed by atoms with Gasteiger partial charge in [0.1, 0.15) is 17.7 Å². The summed E-state index contributed by atoms with van der Waals surface area (Å²) in [6, 6.07) is 8.10. The van der Waals surface area contributed by atoms with Crippen LogP contribution in [0.5, 0.6) is 5.75 Å². The number of nitrogens with one attached hydrogen (secondary N) is 2. The molecule has 2 aromatic heterocycles. The van der Waals surface area contributed by atoms with Crippen LogP contribution in [0.3, 0.4) is 0 Å². The van der Waals surface area contributed by atoms with Crippen molar-refractivity contribution >= 4 is 22.9 Å². The molecule has 192 valence electrons. The van der Waals surface area contributed by atoms with Crippen molar-refractivity contribution in [1.82, 2.24) is 20.0 Å². The van der Waals surface area contributed by atoms with Crippen LogP contribution in [0, 0.1) is 5.82 Å². The molecule has 3 aliphatic heterocycles. The van der Waals surface area contributed by atoms with Gasteiger partial charge < -0.3 is 30.3 Å². The molecule has 1 aromatic carbocycles. The Morgan fingerprint density at radius 3 is 2.65 bits per heavy atom. The number of nitrogens with zero attached hydrogens (tertiary/aromatic N) is 4. The predicted octanol–water partition coefficient (Wildman–Crippen LogP) is 1.78. The zero-order chi connectivity index (χ0) is 25.5. The maximum Gasteiger partial charge on any atom is 0.300 e. The molecule has 0 bridgehead atoms. The first-order chi connectivity index (χ1) is 18.0. The highest BCUT2D eigenvalue weighted by Gasteiger charge is 2.30. The molecule has 3 N–H and O–H groups in total. The molecule has 1 atom stereocenters. The molecular weight excluding hydrogens is 479 g/mol. The number of hydrogen-bond donors (Lipinski definition) is 3. The molecule has 1 amide bonds. The maximum absolute atomic E-state index is 13.4. The number of aromatic nitrogens is 2. The highest BCUT2D eigenvalue weighted by atomic mass is 19.1. The lowest BCUT2D eigenvalue weighted by Crippen LogP contribution is -2.37. The lowest BCUT2D eigenvalue weighted by molar-refractivity contribution is -0.117. The summed E-state index contributed by atoms with van der Waals surface area (Å²) in [6.45, 7) is 2.99. The number of benzene rings is 1. The predicted molar refractivity (Wildman–Crippen MR) is 135 cm³/mol. The number of halogens is 1. The number of aromatic hydroxyl groups is 1. The molecule has 0 aliphatic carbocycles. The quantitative estimate of drug-likeness (QED) is 0.480. The molecule has 3 aliphatic rings. The highest BCUT2D eigenvalue weighted by Crippen LogP contribution is 2.32. The molecule has 6 rings (SSSR count). The summed E-state index contributed by atoms with van der Waals surface area (Å²) >= 11 is 0.